The Balaban J connectivity index is 2.17. The first-order chi connectivity index (χ1) is 8.08. The van der Waals surface area contributed by atoms with Crippen LogP contribution in [0.3, 0.4) is 0 Å². The van der Waals surface area contributed by atoms with Crippen molar-refractivity contribution in [3.63, 3.8) is 0 Å². The van der Waals surface area contributed by atoms with E-state index >= 15 is 0 Å². The molecule has 0 aliphatic carbocycles. The molecule has 1 aliphatic heterocycles. The maximum absolute atomic E-state index is 11.4. The van der Waals surface area contributed by atoms with Crippen LogP contribution in [0.15, 0.2) is 0 Å². The highest BCUT2D eigenvalue weighted by molar-refractivity contribution is 5.83. The van der Waals surface area contributed by atoms with Gasteiger partial charge >= 0.3 is 12.1 Å². The van der Waals surface area contributed by atoms with Crippen LogP contribution in [0.25, 0.3) is 0 Å². The Bertz CT molecular complexity index is 261. The molecule has 0 radical (unpaired) electrons. The van der Waals surface area contributed by atoms with Crippen molar-refractivity contribution in [3.05, 3.63) is 0 Å². The van der Waals surface area contributed by atoms with Crippen LogP contribution in [0.4, 0.5) is 4.79 Å². The van der Waals surface area contributed by atoms with Crippen LogP contribution in [-0.2, 0) is 19.0 Å². The van der Waals surface area contributed by atoms with Gasteiger partial charge in [-0.2, -0.15) is 0 Å². The molecule has 0 N–H and O–H groups in total. The van der Waals surface area contributed by atoms with Gasteiger partial charge in [-0.15, -0.1) is 0 Å². The zero-order chi connectivity index (χ0) is 12.7. The van der Waals surface area contributed by atoms with E-state index in [-0.39, 0.29) is 19.1 Å². The van der Waals surface area contributed by atoms with Crippen molar-refractivity contribution in [2.45, 2.75) is 13.8 Å². The largest absolute Gasteiger partial charge is 0.516 e. The summed E-state index contributed by atoms with van der Waals surface area (Å²) in [6.07, 6.45) is -0.919. The molecule has 6 nitrogen and oxygen atoms in total. The Morgan fingerprint density at radius 1 is 1.29 bits per heavy atom. The number of nitrogens with zero attached hydrogens (tertiary/aromatic N) is 1. The molecule has 0 spiro atoms. The van der Waals surface area contributed by atoms with Gasteiger partial charge in [-0.1, -0.05) is 13.8 Å². The quantitative estimate of drug-likeness (QED) is 0.535. The topological polar surface area (TPSA) is 65.1 Å². The third-order valence-electron chi connectivity index (χ3n) is 2.19. The van der Waals surface area contributed by atoms with Crippen LogP contribution in [0.2, 0.25) is 0 Å². The molecule has 1 rings (SSSR count). The van der Waals surface area contributed by atoms with Crippen molar-refractivity contribution in [2.75, 3.05) is 39.5 Å². The monoisotopic (exact) mass is 245 g/mol. The Morgan fingerprint density at radius 2 is 1.94 bits per heavy atom. The molecule has 6 heteroatoms. The van der Waals surface area contributed by atoms with E-state index in [1.54, 1.807) is 0 Å². The zero-order valence-electron chi connectivity index (χ0n) is 10.3. The van der Waals surface area contributed by atoms with Crippen LogP contribution in [0, 0.1) is 5.92 Å². The number of ether oxygens (including phenoxy) is 3. The highest BCUT2D eigenvalue weighted by Gasteiger charge is 2.18. The van der Waals surface area contributed by atoms with Gasteiger partial charge in [0, 0.05) is 13.1 Å². The van der Waals surface area contributed by atoms with Gasteiger partial charge in [-0.3, -0.25) is 9.69 Å². The van der Waals surface area contributed by atoms with Gasteiger partial charge in [-0.25, -0.2) is 4.79 Å². The first-order valence-electron chi connectivity index (χ1n) is 5.75. The fourth-order valence-corrected chi connectivity index (χ4v) is 1.33. The fraction of sp³-hybridized carbons (Fsp3) is 0.818. The fourth-order valence-electron chi connectivity index (χ4n) is 1.33. The maximum Gasteiger partial charge on any atom is 0.516 e. The molecular formula is C11H19NO5. The number of hydrogen-bond acceptors (Lipinski definition) is 6. The molecule has 98 valence electrons. The van der Waals surface area contributed by atoms with Gasteiger partial charge < -0.3 is 14.2 Å². The predicted octanol–water partition coefficient (Wildman–Crippen LogP) is 0.654. The summed E-state index contributed by atoms with van der Waals surface area (Å²) in [5, 5.41) is 0. The summed E-state index contributed by atoms with van der Waals surface area (Å²) in [6, 6.07) is 0. The molecule has 0 aromatic rings. The molecule has 0 saturated carbocycles. The first-order valence-corrected chi connectivity index (χ1v) is 5.75. The smallest absolute Gasteiger partial charge is 0.434 e. The van der Waals surface area contributed by atoms with Crippen LogP contribution in [0.5, 0.6) is 0 Å². The van der Waals surface area contributed by atoms with Gasteiger partial charge in [0.05, 0.1) is 26.4 Å². The lowest BCUT2D eigenvalue weighted by atomic mass is 10.2. The zero-order valence-corrected chi connectivity index (χ0v) is 10.3. The van der Waals surface area contributed by atoms with Gasteiger partial charge in [0.25, 0.3) is 0 Å². The minimum absolute atomic E-state index is 0.0974. The molecular weight excluding hydrogens is 226 g/mol. The number of hydrogen-bond donors (Lipinski definition) is 0. The van der Waals surface area contributed by atoms with Crippen molar-refractivity contribution >= 4 is 12.1 Å². The highest BCUT2D eigenvalue weighted by atomic mass is 16.7. The number of rotatable bonds is 4. The summed E-state index contributed by atoms with van der Waals surface area (Å²) < 4.78 is 14.4. The molecule has 0 bridgehead atoms. The molecule has 0 amide bonds. The van der Waals surface area contributed by atoms with E-state index in [9.17, 15) is 9.59 Å². The average Bonchev–Trinajstić information content (AvgIpc) is 2.27. The molecule has 0 unspecified atom stereocenters. The lowest BCUT2D eigenvalue weighted by Crippen LogP contribution is -2.40. The minimum Gasteiger partial charge on any atom is -0.434 e. The van der Waals surface area contributed by atoms with Crippen LogP contribution in [0.1, 0.15) is 13.8 Å². The van der Waals surface area contributed by atoms with Crippen molar-refractivity contribution in [2.24, 2.45) is 5.92 Å². The average molecular weight is 245 g/mol. The summed E-state index contributed by atoms with van der Waals surface area (Å²) in [5.74, 6) is -0.363. The molecule has 1 fully saturated rings. The third kappa shape index (κ3) is 6.23. The van der Waals surface area contributed by atoms with E-state index in [2.05, 4.69) is 4.74 Å². The lowest BCUT2D eigenvalue weighted by molar-refractivity contribution is -0.142. The summed E-state index contributed by atoms with van der Waals surface area (Å²) in [5.41, 5.74) is 0. The van der Waals surface area contributed by atoms with E-state index in [1.807, 2.05) is 18.7 Å². The Labute approximate surface area is 101 Å². The van der Waals surface area contributed by atoms with Gasteiger partial charge in [0.2, 0.25) is 0 Å². The van der Waals surface area contributed by atoms with Gasteiger partial charge in [0.15, 0.2) is 0 Å². The summed E-state index contributed by atoms with van der Waals surface area (Å²) >= 11 is 0. The summed E-state index contributed by atoms with van der Waals surface area (Å²) in [6.45, 7) is 6.72. The second-order valence-corrected chi connectivity index (χ2v) is 4.32. The Morgan fingerprint density at radius 3 is 2.53 bits per heavy atom. The van der Waals surface area contributed by atoms with Gasteiger partial charge in [0.1, 0.15) is 0 Å². The molecule has 1 saturated heterocycles. The van der Waals surface area contributed by atoms with E-state index in [1.165, 1.54) is 0 Å². The van der Waals surface area contributed by atoms with Gasteiger partial charge in [-0.05, 0) is 5.92 Å². The second kappa shape index (κ2) is 7.24. The maximum atomic E-state index is 11.4. The summed E-state index contributed by atoms with van der Waals surface area (Å²) in [7, 11) is 0. The highest BCUT2D eigenvalue weighted by Crippen LogP contribution is 1.99. The predicted molar refractivity (Wildman–Crippen MR) is 59.5 cm³/mol. The molecule has 17 heavy (non-hydrogen) atoms. The van der Waals surface area contributed by atoms with Crippen molar-refractivity contribution in [1.82, 2.24) is 4.90 Å². The Hall–Kier alpha value is -1.14. The number of morpholine rings is 1. The van der Waals surface area contributed by atoms with Crippen LogP contribution >= 0.6 is 0 Å². The summed E-state index contributed by atoms with van der Waals surface area (Å²) in [4.78, 5) is 24.3. The SMILES string of the molecule is CC(C)COC(=O)OC(=O)CN1CCOCC1. The normalized spacial score (nSPS) is 16.9. The molecule has 1 heterocycles. The molecule has 0 aromatic heterocycles. The molecule has 0 atom stereocenters. The standard InChI is InChI=1S/C11H19NO5/c1-9(2)8-16-11(14)17-10(13)7-12-3-5-15-6-4-12/h9H,3-8H2,1-2H3. The number of carbonyl (C=O) groups excluding carboxylic acids is 2. The van der Waals surface area contributed by atoms with E-state index < -0.39 is 12.1 Å². The Kier molecular flexibility index (Phi) is 5.93. The van der Waals surface area contributed by atoms with Crippen LogP contribution < -0.4 is 0 Å². The van der Waals surface area contributed by atoms with E-state index in [0.717, 1.165) is 0 Å². The molecule has 1 aliphatic rings. The van der Waals surface area contributed by atoms with E-state index in [4.69, 9.17) is 9.47 Å². The lowest BCUT2D eigenvalue weighted by Gasteiger charge is -2.25. The third-order valence-corrected chi connectivity index (χ3v) is 2.19. The second-order valence-electron chi connectivity index (χ2n) is 4.32. The first kappa shape index (κ1) is 13.9. The number of esters is 1. The van der Waals surface area contributed by atoms with Crippen molar-refractivity contribution < 1.29 is 23.8 Å². The van der Waals surface area contributed by atoms with Crippen molar-refractivity contribution in [3.8, 4) is 0 Å². The van der Waals surface area contributed by atoms with Crippen LogP contribution in [-0.4, -0.2) is 56.5 Å². The van der Waals surface area contributed by atoms with Crippen molar-refractivity contribution in [1.29, 1.82) is 0 Å². The number of carbonyl (C=O) groups is 2. The molecule has 0 aromatic carbocycles. The van der Waals surface area contributed by atoms with E-state index in [0.29, 0.717) is 26.3 Å². The minimum atomic E-state index is -0.919.